The van der Waals surface area contributed by atoms with Gasteiger partial charge in [-0.05, 0) is 43.5 Å². The van der Waals surface area contributed by atoms with E-state index >= 15 is 0 Å². The van der Waals surface area contributed by atoms with Crippen molar-refractivity contribution in [1.82, 2.24) is 9.55 Å². The van der Waals surface area contributed by atoms with Crippen LogP contribution in [-0.4, -0.2) is 41.9 Å². The third-order valence-electron chi connectivity index (χ3n) is 7.91. The molecule has 0 spiro atoms. The SMILES string of the molecule is O=C([O-])C[C@@H]1COc2cc(N[C@@H]3COc4c3cccc4-n3c(C4CCOCC4)nc4ccc(F)cc43)ccc21.[Na+]. The summed E-state index contributed by atoms with van der Waals surface area (Å²) in [6, 6.07) is 16.4. The van der Waals surface area contributed by atoms with Gasteiger partial charge in [0, 0.05) is 60.0 Å². The van der Waals surface area contributed by atoms with Crippen LogP contribution in [0.4, 0.5) is 10.1 Å². The van der Waals surface area contributed by atoms with Crippen molar-refractivity contribution in [2.45, 2.75) is 37.1 Å². The van der Waals surface area contributed by atoms with Crippen molar-refractivity contribution >= 4 is 22.7 Å². The number of aliphatic carboxylic acids is 1. The number of aromatic nitrogens is 2. The van der Waals surface area contributed by atoms with Gasteiger partial charge in [-0.3, -0.25) is 4.57 Å². The third-order valence-corrected chi connectivity index (χ3v) is 7.91. The van der Waals surface area contributed by atoms with Crippen molar-refractivity contribution in [3.05, 3.63) is 77.4 Å². The second kappa shape index (κ2) is 11.0. The summed E-state index contributed by atoms with van der Waals surface area (Å²) in [6.07, 6.45) is 1.65. The van der Waals surface area contributed by atoms with Crippen molar-refractivity contribution in [3.8, 4) is 17.2 Å². The first-order valence-electron chi connectivity index (χ1n) is 13.3. The number of hydrogen-bond acceptors (Lipinski definition) is 7. The van der Waals surface area contributed by atoms with Crippen molar-refractivity contribution in [1.29, 1.82) is 0 Å². The number of nitrogens with one attached hydrogen (secondary N) is 1. The quantitative estimate of drug-likeness (QED) is 0.360. The van der Waals surface area contributed by atoms with Crippen LogP contribution in [0.5, 0.6) is 11.5 Å². The van der Waals surface area contributed by atoms with Gasteiger partial charge in [-0.1, -0.05) is 18.2 Å². The van der Waals surface area contributed by atoms with Crippen LogP contribution >= 0.6 is 0 Å². The zero-order chi connectivity index (χ0) is 26.5. The average molecular weight is 552 g/mol. The van der Waals surface area contributed by atoms with Crippen LogP contribution in [0.2, 0.25) is 0 Å². The summed E-state index contributed by atoms with van der Waals surface area (Å²) in [6.45, 7) is 2.11. The minimum Gasteiger partial charge on any atom is -0.550 e. The van der Waals surface area contributed by atoms with Gasteiger partial charge in [0.25, 0.3) is 0 Å². The van der Waals surface area contributed by atoms with E-state index in [1.807, 2.05) is 36.4 Å². The number of anilines is 1. The smallest absolute Gasteiger partial charge is 0.550 e. The molecule has 8 nitrogen and oxygen atoms in total. The van der Waals surface area contributed by atoms with Crippen LogP contribution < -0.4 is 49.5 Å². The molecule has 0 bridgehead atoms. The van der Waals surface area contributed by atoms with Crippen molar-refractivity contribution in [2.75, 3.05) is 31.7 Å². The van der Waals surface area contributed by atoms with Gasteiger partial charge in [0.15, 0.2) is 0 Å². The van der Waals surface area contributed by atoms with Gasteiger partial charge in [0.05, 0.1) is 29.4 Å². The van der Waals surface area contributed by atoms with Crippen molar-refractivity contribution < 1.29 is 58.1 Å². The van der Waals surface area contributed by atoms with E-state index in [0.29, 0.717) is 37.7 Å². The van der Waals surface area contributed by atoms with E-state index in [1.54, 1.807) is 6.07 Å². The summed E-state index contributed by atoms with van der Waals surface area (Å²) < 4.78 is 34.1. The molecule has 40 heavy (non-hydrogen) atoms. The Morgan fingerprint density at radius 2 is 1.90 bits per heavy atom. The minimum absolute atomic E-state index is 0. The standard InChI is InChI=1S/C30H28FN3O5.Na/c31-19-4-7-23-26(13-19)34(30(33-23)17-8-10-37-11-9-17)25-3-1-2-22-24(16-39-29(22)25)32-20-5-6-21-18(12-28(35)36)15-38-27(21)14-20;/h1-7,13-14,17-18,24,32H,8-12,15-16H2,(H,35,36);/q;+1/p-1/t18-,24-;/m1./s1. The molecule has 0 unspecified atom stereocenters. The van der Waals surface area contributed by atoms with Crippen LogP contribution in [0.1, 0.15) is 54.1 Å². The fourth-order valence-corrected chi connectivity index (χ4v) is 6.01. The molecule has 3 aliphatic rings. The fourth-order valence-electron chi connectivity index (χ4n) is 6.01. The number of ether oxygens (including phenoxy) is 3. The summed E-state index contributed by atoms with van der Waals surface area (Å²) in [4.78, 5) is 16.0. The van der Waals surface area contributed by atoms with Crippen LogP contribution in [0, 0.1) is 5.82 Å². The van der Waals surface area contributed by atoms with Gasteiger partial charge in [-0.25, -0.2) is 9.37 Å². The first kappa shape index (κ1) is 27.1. The number of carbonyl (C=O) groups is 1. The Bertz CT molecular complexity index is 1590. The number of fused-ring (bicyclic) bond motifs is 3. The zero-order valence-corrected chi connectivity index (χ0v) is 24.2. The molecule has 1 saturated heterocycles. The molecule has 4 heterocycles. The Kier molecular flexibility index (Phi) is 7.48. The summed E-state index contributed by atoms with van der Waals surface area (Å²) in [5, 5.41) is 14.6. The number of halogens is 1. The normalized spacial score (nSPS) is 19.8. The van der Waals surface area contributed by atoms with Gasteiger partial charge in [0.2, 0.25) is 0 Å². The number of rotatable bonds is 6. The average Bonchev–Trinajstić information content (AvgIpc) is 3.64. The van der Waals surface area contributed by atoms with E-state index in [0.717, 1.165) is 52.4 Å². The Labute approximate surface area is 252 Å². The molecule has 10 heteroatoms. The van der Waals surface area contributed by atoms with Crippen molar-refractivity contribution in [3.63, 3.8) is 0 Å². The van der Waals surface area contributed by atoms with E-state index in [-0.39, 0.29) is 59.7 Å². The zero-order valence-electron chi connectivity index (χ0n) is 22.2. The van der Waals surface area contributed by atoms with Gasteiger partial charge < -0.3 is 29.4 Å². The Balaban J connectivity index is 0.00000289. The topological polar surface area (TPSA) is 97.7 Å². The van der Waals surface area contributed by atoms with Crippen LogP contribution in [-0.2, 0) is 9.53 Å². The number of benzene rings is 3. The van der Waals surface area contributed by atoms with Crippen LogP contribution in [0.25, 0.3) is 16.7 Å². The van der Waals surface area contributed by atoms with E-state index in [4.69, 9.17) is 19.2 Å². The Morgan fingerprint density at radius 3 is 2.73 bits per heavy atom. The second-order valence-corrected chi connectivity index (χ2v) is 10.4. The molecular weight excluding hydrogens is 524 g/mol. The molecule has 1 aromatic heterocycles. The van der Waals surface area contributed by atoms with Gasteiger partial charge >= 0.3 is 29.6 Å². The van der Waals surface area contributed by atoms with Crippen molar-refractivity contribution in [2.24, 2.45) is 0 Å². The molecule has 0 aliphatic carbocycles. The van der Waals surface area contributed by atoms with Crippen LogP contribution in [0.3, 0.4) is 0 Å². The maximum Gasteiger partial charge on any atom is 1.00 e. The number of para-hydroxylation sites is 1. The van der Waals surface area contributed by atoms with Crippen LogP contribution in [0.15, 0.2) is 54.6 Å². The number of imidazole rings is 1. The molecule has 4 aromatic rings. The van der Waals surface area contributed by atoms with Gasteiger partial charge in [-0.15, -0.1) is 0 Å². The first-order valence-corrected chi connectivity index (χ1v) is 13.3. The molecule has 0 radical (unpaired) electrons. The number of carboxylic acids is 1. The summed E-state index contributed by atoms with van der Waals surface area (Å²) in [5.74, 6) is 0.947. The predicted molar refractivity (Wildman–Crippen MR) is 140 cm³/mol. The monoisotopic (exact) mass is 551 g/mol. The number of carbonyl (C=O) groups excluding carboxylic acids is 1. The maximum absolute atomic E-state index is 14.4. The molecule has 1 N–H and O–H groups in total. The molecule has 200 valence electrons. The molecule has 7 rings (SSSR count). The van der Waals surface area contributed by atoms with Gasteiger partial charge in [-0.2, -0.15) is 0 Å². The minimum atomic E-state index is -1.08. The number of nitrogens with zero attached hydrogens (tertiary/aromatic N) is 2. The van der Waals surface area contributed by atoms with Gasteiger partial charge in [0.1, 0.15) is 29.7 Å². The molecule has 0 amide bonds. The third kappa shape index (κ3) is 4.85. The summed E-state index contributed by atoms with van der Waals surface area (Å²) >= 11 is 0. The molecular formula is C30H27FN3NaO5. The number of hydrogen-bond donors (Lipinski definition) is 1. The van der Waals surface area contributed by atoms with E-state index in [9.17, 15) is 14.3 Å². The predicted octanol–water partition coefficient (Wildman–Crippen LogP) is 1.22. The fraction of sp³-hybridized carbons (Fsp3) is 0.333. The Morgan fingerprint density at radius 1 is 1.05 bits per heavy atom. The molecule has 1 fully saturated rings. The largest absolute Gasteiger partial charge is 1.00 e. The van der Waals surface area contributed by atoms with E-state index in [2.05, 4.69) is 9.88 Å². The second-order valence-electron chi connectivity index (χ2n) is 10.4. The number of carboxylic acid groups (broad SMARTS) is 1. The molecule has 2 atom stereocenters. The summed E-state index contributed by atoms with van der Waals surface area (Å²) in [5.41, 5.74) is 5.04. The molecule has 3 aromatic carbocycles. The Hall–Kier alpha value is -3.11. The molecule has 0 saturated carbocycles. The summed E-state index contributed by atoms with van der Waals surface area (Å²) in [7, 11) is 0. The molecule has 3 aliphatic heterocycles. The maximum atomic E-state index is 14.4. The van der Waals surface area contributed by atoms with E-state index < -0.39 is 5.97 Å². The first-order chi connectivity index (χ1) is 19.0. The van der Waals surface area contributed by atoms with E-state index in [1.165, 1.54) is 12.1 Å².